The van der Waals surface area contributed by atoms with Crippen LogP contribution in [0.15, 0.2) is 77.7 Å². The van der Waals surface area contributed by atoms with Gasteiger partial charge in [-0.1, -0.05) is 23.7 Å². The van der Waals surface area contributed by atoms with Gasteiger partial charge in [-0.3, -0.25) is 9.52 Å². The molecule has 31 heavy (non-hydrogen) atoms. The lowest BCUT2D eigenvalue weighted by atomic mass is 10.1. The highest BCUT2D eigenvalue weighted by atomic mass is 35.5. The fourth-order valence-corrected chi connectivity index (χ4v) is 3.84. The predicted molar refractivity (Wildman–Crippen MR) is 117 cm³/mol. The van der Waals surface area contributed by atoms with Crippen LogP contribution in [0, 0.1) is 5.82 Å². The number of anilines is 1. The van der Waals surface area contributed by atoms with Gasteiger partial charge in [0.15, 0.2) is 0 Å². The Kier molecular flexibility index (Phi) is 7.49. The molecule has 0 aliphatic rings. The van der Waals surface area contributed by atoms with E-state index >= 15 is 0 Å². The average Bonchev–Trinajstić information content (AvgIpc) is 2.74. The molecule has 3 aromatic rings. The van der Waals surface area contributed by atoms with Crippen molar-refractivity contribution < 1.29 is 22.3 Å². The highest BCUT2D eigenvalue weighted by Crippen LogP contribution is 2.17. The molecule has 0 radical (unpaired) electrons. The van der Waals surface area contributed by atoms with Crippen LogP contribution in [0.2, 0.25) is 5.02 Å². The van der Waals surface area contributed by atoms with Gasteiger partial charge in [0.2, 0.25) is 5.91 Å². The van der Waals surface area contributed by atoms with Crippen LogP contribution in [-0.4, -0.2) is 27.5 Å². The largest absolute Gasteiger partial charge is 0.492 e. The second-order valence-electron chi connectivity index (χ2n) is 6.59. The Labute approximate surface area is 185 Å². The van der Waals surface area contributed by atoms with Gasteiger partial charge in [-0.2, -0.15) is 0 Å². The molecule has 0 spiro atoms. The van der Waals surface area contributed by atoms with Crippen molar-refractivity contribution in [3.05, 3.63) is 89.2 Å². The van der Waals surface area contributed by atoms with Crippen LogP contribution in [0.3, 0.4) is 0 Å². The molecule has 9 heteroatoms. The smallest absolute Gasteiger partial charge is 0.261 e. The van der Waals surface area contributed by atoms with Crippen LogP contribution in [0.25, 0.3) is 0 Å². The summed E-state index contributed by atoms with van der Waals surface area (Å²) in [5, 5.41) is 3.38. The van der Waals surface area contributed by atoms with Gasteiger partial charge in [-0.05, 0) is 66.2 Å². The van der Waals surface area contributed by atoms with Crippen molar-refractivity contribution in [1.82, 2.24) is 5.32 Å². The summed E-state index contributed by atoms with van der Waals surface area (Å²) in [5.74, 6) is -0.0326. The molecule has 1 amide bonds. The van der Waals surface area contributed by atoms with Gasteiger partial charge in [0.05, 0.1) is 17.9 Å². The number of carbonyl (C=O) groups is 1. The highest BCUT2D eigenvalue weighted by molar-refractivity contribution is 7.92. The van der Waals surface area contributed by atoms with Crippen molar-refractivity contribution in [2.24, 2.45) is 0 Å². The Morgan fingerprint density at radius 1 is 0.935 bits per heavy atom. The second kappa shape index (κ2) is 10.3. The number of rotatable bonds is 9. The zero-order chi connectivity index (χ0) is 22.3. The van der Waals surface area contributed by atoms with E-state index in [1.165, 1.54) is 12.1 Å². The summed E-state index contributed by atoms with van der Waals surface area (Å²) in [4.78, 5) is 12.0. The third-order valence-electron chi connectivity index (χ3n) is 4.20. The first-order chi connectivity index (χ1) is 14.8. The molecule has 0 atom stereocenters. The number of hydrogen-bond acceptors (Lipinski definition) is 4. The zero-order valence-electron chi connectivity index (χ0n) is 16.3. The van der Waals surface area contributed by atoms with E-state index in [4.69, 9.17) is 16.3 Å². The Hall–Kier alpha value is -3.10. The normalized spacial score (nSPS) is 11.0. The van der Waals surface area contributed by atoms with E-state index in [0.717, 1.165) is 17.7 Å². The number of nitrogens with one attached hydrogen (secondary N) is 2. The maximum absolute atomic E-state index is 13.0. The molecule has 0 fully saturated rings. The van der Waals surface area contributed by atoms with Crippen LogP contribution < -0.4 is 14.8 Å². The molecule has 0 bridgehead atoms. The van der Waals surface area contributed by atoms with Crippen LogP contribution in [0.1, 0.15) is 5.56 Å². The fourth-order valence-electron chi connectivity index (χ4n) is 2.66. The molecule has 0 heterocycles. The summed E-state index contributed by atoms with van der Waals surface area (Å²) < 4.78 is 45.6. The zero-order valence-corrected chi connectivity index (χ0v) is 17.9. The topological polar surface area (TPSA) is 84.5 Å². The average molecular weight is 463 g/mol. The number of amides is 1. The Bertz CT molecular complexity index is 1120. The van der Waals surface area contributed by atoms with Gasteiger partial charge >= 0.3 is 0 Å². The summed E-state index contributed by atoms with van der Waals surface area (Å²) in [5.41, 5.74) is 1.06. The van der Waals surface area contributed by atoms with Gasteiger partial charge < -0.3 is 10.1 Å². The first-order valence-corrected chi connectivity index (χ1v) is 11.2. The van der Waals surface area contributed by atoms with Gasteiger partial charge in [0.25, 0.3) is 10.0 Å². The Balaban J connectivity index is 1.45. The minimum atomic E-state index is -3.82. The number of carbonyl (C=O) groups excluding carboxylic acids is 1. The van der Waals surface area contributed by atoms with Crippen LogP contribution in [0.4, 0.5) is 10.1 Å². The summed E-state index contributed by atoms with van der Waals surface area (Å²) in [6, 6.07) is 17.9. The minimum absolute atomic E-state index is 0.0434. The molecule has 0 aromatic heterocycles. The lowest BCUT2D eigenvalue weighted by Gasteiger charge is -2.10. The molecule has 0 saturated carbocycles. The summed E-state index contributed by atoms with van der Waals surface area (Å²) >= 11 is 5.81. The monoisotopic (exact) mass is 462 g/mol. The highest BCUT2D eigenvalue weighted by Gasteiger charge is 2.14. The SMILES string of the molecule is O=C(Cc1ccc(NS(=O)(=O)c2ccc(F)cc2)cc1)NCCOc1ccc(Cl)cc1. The third kappa shape index (κ3) is 6.97. The third-order valence-corrected chi connectivity index (χ3v) is 5.85. The van der Waals surface area contributed by atoms with Crippen molar-refractivity contribution in [1.29, 1.82) is 0 Å². The van der Waals surface area contributed by atoms with Gasteiger partial charge in [0.1, 0.15) is 18.2 Å². The van der Waals surface area contributed by atoms with E-state index in [9.17, 15) is 17.6 Å². The molecule has 0 saturated heterocycles. The first kappa shape index (κ1) is 22.6. The number of sulfonamides is 1. The van der Waals surface area contributed by atoms with Crippen molar-refractivity contribution in [2.45, 2.75) is 11.3 Å². The molecule has 0 unspecified atom stereocenters. The van der Waals surface area contributed by atoms with Crippen LogP contribution in [-0.2, 0) is 21.2 Å². The quantitative estimate of drug-likeness (QED) is 0.470. The van der Waals surface area contributed by atoms with Crippen molar-refractivity contribution in [3.8, 4) is 5.75 Å². The minimum Gasteiger partial charge on any atom is -0.492 e. The van der Waals surface area contributed by atoms with Crippen LogP contribution >= 0.6 is 11.6 Å². The van der Waals surface area contributed by atoms with Gasteiger partial charge in [0, 0.05) is 10.7 Å². The van der Waals surface area contributed by atoms with E-state index in [1.54, 1.807) is 48.5 Å². The molecular formula is C22H20ClFN2O4S. The molecular weight excluding hydrogens is 443 g/mol. The van der Waals surface area contributed by atoms with E-state index < -0.39 is 15.8 Å². The maximum atomic E-state index is 13.0. The molecule has 6 nitrogen and oxygen atoms in total. The van der Waals surface area contributed by atoms with E-state index in [1.807, 2.05) is 0 Å². The van der Waals surface area contributed by atoms with Crippen molar-refractivity contribution in [2.75, 3.05) is 17.9 Å². The Morgan fingerprint density at radius 2 is 1.58 bits per heavy atom. The number of ether oxygens (including phenoxy) is 1. The summed E-state index contributed by atoms with van der Waals surface area (Å²) in [6.07, 6.45) is 0.145. The van der Waals surface area contributed by atoms with Gasteiger partial charge in [-0.15, -0.1) is 0 Å². The molecule has 3 rings (SSSR count). The Morgan fingerprint density at radius 3 is 2.23 bits per heavy atom. The fraction of sp³-hybridized carbons (Fsp3) is 0.136. The van der Waals surface area contributed by atoms with E-state index in [2.05, 4.69) is 10.0 Å². The van der Waals surface area contributed by atoms with E-state index in [-0.39, 0.29) is 17.2 Å². The number of benzene rings is 3. The van der Waals surface area contributed by atoms with Crippen molar-refractivity contribution in [3.63, 3.8) is 0 Å². The lowest BCUT2D eigenvalue weighted by molar-refractivity contribution is -0.120. The predicted octanol–water partition coefficient (Wildman–Crippen LogP) is 4.02. The van der Waals surface area contributed by atoms with Crippen molar-refractivity contribution >= 4 is 33.2 Å². The summed E-state index contributed by atoms with van der Waals surface area (Å²) in [7, 11) is -3.82. The van der Waals surface area contributed by atoms with Crippen LogP contribution in [0.5, 0.6) is 5.75 Å². The molecule has 162 valence electrons. The molecule has 0 aliphatic heterocycles. The number of halogens is 2. The second-order valence-corrected chi connectivity index (χ2v) is 8.70. The lowest BCUT2D eigenvalue weighted by Crippen LogP contribution is -2.29. The van der Waals surface area contributed by atoms with Gasteiger partial charge in [-0.25, -0.2) is 12.8 Å². The molecule has 2 N–H and O–H groups in total. The maximum Gasteiger partial charge on any atom is 0.261 e. The summed E-state index contributed by atoms with van der Waals surface area (Å²) in [6.45, 7) is 0.661. The first-order valence-electron chi connectivity index (χ1n) is 9.34. The van der Waals surface area contributed by atoms with E-state index in [0.29, 0.717) is 29.6 Å². The number of hydrogen-bond donors (Lipinski definition) is 2. The molecule has 0 aliphatic carbocycles. The molecule has 3 aromatic carbocycles. The standard InChI is InChI=1S/C22H20ClFN2O4S/c23-17-3-9-20(10-4-17)30-14-13-25-22(27)15-16-1-7-19(8-2-16)26-31(28,29)21-11-5-18(24)6-12-21/h1-12,26H,13-15H2,(H,25,27).